The normalized spacial score (nSPS) is 11.3. The van der Waals surface area contributed by atoms with Crippen LogP contribution < -0.4 is 19.5 Å². The number of nitrogens with zero attached hydrogens (tertiary/aromatic N) is 1. The number of sulfonamides is 1. The Bertz CT molecular complexity index is 1160. The lowest BCUT2D eigenvalue weighted by atomic mass is 10.1. The number of thiazole rings is 1. The van der Waals surface area contributed by atoms with Crippen LogP contribution in [0.1, 0.15) is 19.4 Å². The third-order valence-corrected chi connectivity index (χ3v) is 5.54. The zero-order valence-electron chi connectivity index (χ0n) is 16.9. The van der Waals surface area contributed by atoms with Crippen molar-refractivity contribution in [2.24, 2.45) is 0 Å². The molecule has 1 aromatic heterocycles. The first-order valence-electron chi connectivity index (χ1n) is 9.34. The van der Waals surface area contributed by atoms with Gasteiger partial charge >= 0.3 is 0 Å². The van der Waals surface area contributed by atoms with Gasteiger partial charge < -0.3 is 14.8 Å². The molecule has 3 aromatic rings. The standard InChI is InChI=1S/C20H23N3O5S2/c1-4-27-16-9-6-13(10-17(16)28-5-2)11-19(24)21-14-7-8-15-18(12-14)29-20(22-15)23-30(3,25)26/h6-10,12H,4-5,11H2,1-3H3,(H,21,24)(H,22,23). The first-order valence-corrected chi connectivity index (χ1v) is 12.0. The molecule has 0 aliphatic heterocycles. The van der Waals surface area contributed by atoms with Gasteiger partial charge in [0.25, 0.3) is 0 Å². The van der Waals surface area contributed by atoms with Crippen molar-refractivity contribution in [2.75, 3.05) is 29.5 Å². The van der Waals surface area contributed by atoms with Gasteiger partial charge in [0.15, 0.2) is 16.6 Å². The number of anilines is 2. The van der Waals surface area contributed by atoms with Gasteiger partial charge in [0.1, 0.15) is 0 Å². The van der Waals surface area contributed by atoms with Crippen LogP contribution in [0.25, 0.3) is 10.2 Å². The molecule has 0 spiro atoms. The van der Waals surface area contributed by atoms with Crippen molar-refractivity contribution < 1.29 is 22.7 Å². The van der Waals surface area contributed by atoms with Crippen LogP contribution in [-0.4, -0.2) is 38.8 Å². The van der Waals surface area contributed by atoms with E-state index in [9.17, 15) is 13.2 Å². The van der Waals surface area contributed by atoms with Crippen LogP contribution in [0, 0.1) is 0 Å². The van der Waals surface area contributed by atoms with Crippen LogP contribution in [0.4, 0.5) is 10.8 Å². The Hall–Kier alpha value is -2.85. The molecule has 2 N–H and O–H groups in total. The highest BCUT2D eigenvalue weighted by Gasteiger charge is 2.12. The van der Waals surface area contributed by atoms with E-state index in [4.69, 9.17) is 9.47 Å². The first kappa shape index (κ1) is 21.8. The number of hydrogen-bond acceptors (Lipinski definition) is 7. The molecule has 30 heavy (non-hydrogen) atoms. The summed E-state index contributed by atoms with van der Waals surface area (Å²) < 4.78 is 37.0. The maximum Gasteiger partial charge on any atom is 0.231 e. The number of fused-ring (bicyclic) bond motifs is 1. The van der Waals surface area contributed by atoms with Gasteiger partial charge in [-0.2, -0.15) is 0 Å². The predicted molar refractivity (Wildman–Crippen MR) is 119 cm³/mol. The Balaban J connectivity index is 1.71. The summed E-state index contributed by atoms with van der Waals surface area (Å²) in [7, 11) is -3.39. The summed E-state index contributed by atoms with van der Waals surface area (Å²) in [5, 5.41) is 3.15. The van der Waals surface area contributed by atoms with E-state index in [1.807, 2.05) is 26.0 Å². The molecule has 0 bridgehead atoms. The van der Waals surface area contributed by atoms with E-state index < -0.39 is 10.0 Å². The molecule has 2 aromatic carbocycles. The van der Waals surface area contributed by atoms with E-state index in [-0.39, 0.29) is 17.5 Å². The van der Waals surface area contributed by atoms with Crippen molar-refractivity contribution in [3.05, 3.63) is 42.0 Å². The molecular weight excluding hydrogens is 426 g/mol. The predicted octanol–water partition coefficient (Wildman–Crippen LogP) is 3.65. The quantitative estimate of drug-likeness (QED) is 0.516. The number of benzene rings is 2. The fourth-order valence-corrected chi connectivity index (χ4v) is 4.54. The van der Waals surface area contributed by atoms with Crippen molar-refractivity contribution in [1.29, 1.82) is 0 Å². The van der Waals surface area contributed by atoms with Crippen molar-refractivity contribution >= 4 is 48.3 Å². The van der Waals surface area contributed by atoms with Gasteiger partial charge in [0, 0.05) is 5.69 Å². The summed E-state index contributed by atoms with van der Waals surface area (Å²) in [6, 6.07) is 10.7. The van der Waals surface area contributed by atoms with Crippen LogP contribution in [0.2, 0.25) is 0 Å². The fraction of sp³-hybridized carbons (Fsp3) is 0.300. The van der Waals surface area contributed by atoms with Gasteiger partial charge in [0.2, 0.25) is 15.9 Å². The Labute approximate surface area is 179 Å². The molecule has 0 saturated carbocycles. The maximum atomic E-state index is 12.5. The molecule has 8 nitrogen and oxygen atoms in total. The number of ether oxygens (including phenoxy) is 2. The van der Waals surface area contributed by atoms with E-state index in [2.05, 4.69) is 15.0 Å². The molecule has 0 atom stereocenters. The molecule has 160 valence electrons. The molecule has 0 radical (unpaired) electrons. The van der Waals surface area contributed by atoms with Crippen molar-refractivity contribution in [1.82, 2.24) is 4.98 Å². The molecule has 0 aliphatic rings. The number of rotatable bonds is 9. The second-order valence-corrected chi connectivity index (χ2v) is 9.23. The Kier molecular flexibility index (Phi) is 6.78. The maximum absolute atomic E-state index is 12.5. The topological polar surface area (TPSA) is 107 Å². The van der Waals surface area contributed by atoms with Crippen LogP contribution in [-0.2, 0) is 21.2 Å². The Morgan fingerprint density at radius 3 is 2.50 bits per heavy atom. The highest BCUT2D eigenvalue weighted by atomic mass is 32.2. The Morgan fingerprint density at radius 2 is 1.80 bits per heavy atom. The van der Waals surface area contributed by atoms with Gasteiger partial charge in [-0.1, -0.05) is 17.4 Å². The van der Waals surface area contributed by atoms with E-state index in [0.717, 1.165) is 16.5 Å². The van der Waals surface area contributed by atoms with Gasteiger partial charge in [-0.25, -0.2) is 13.4 Å². The highest BCUT2D eigenvalue weighted by molar-refractivity contribution is 7.92. The summed E-state index contributed by atoms with van der Waals surface area (Å²) in [4.78, 5) is 16.7. The Morgan fingerprint density at radius 1 is 1.07 bits per heavy atom. The summed E-state index contributed by atoms with van der Waals surface area (Å²) in [6.07, 6.45) is 1.25. The minimum absolute atomic E-state index is 0.175. The zero-order chi connectivity index (χ0) is 21.7. The minimum atomic E-state index is -3.39. The van der Waals surface area contributed by atoms with Gasteiger partial charge in [-0.15, -0.1) is 0 Å². The molecule has 1 amide bonds. The van der Waals surface area contributed by atoms with E-state index >= 15 is 0 Å². The number of hydrogen-bond donors (Lipinski definition) is 2. The minimum Gasteiger partial charge on any atom is -0.490 e. The number of carbonyl (C=O) groups excluding carboxylic acids is 1. The molecule has 10 heteroatoms. The lowest BCUT2D eigenvalue weighted by molar-refractivity contribution is -0.115. The molecule has 1 heterocycles. The van der Waals surface area contributed by atoms with Crippen LogP contribution in [0.5, 0.6) is 11.5 Å². The third kappa shape index (κ3) is 5.83. The molecular formula is C20H23N3O5S2. The molecule has 3 rings (SSSR count). The summed E-state index contributed by atoms with van der Waals surface area (Å²) in [5.74, 6) is 1.08. The fourth-order valence-electron chi connectivity index (χ4n) is 2.80. The van der Waals surface area contributed by atoms with E-state index in [1.165, 1.54) is 11.3 Å². The monoisotopic (exact) mass is 449 g/mol. The van der Waals surface area contributed by atoms with Gasteiger partial charge in [-0.05, 0) is 49.7 Å². The lowest BCUT2D eigenvalue weighted by Gasteiger charge is -2.12. The third-order valence-electron chi connectivity index (χ3n) is 3.92. The smallest absolute Gasteiger partial charge is 0.231 e. The average Bonchev–Trinajstić information content (AvgIpc) is 3.03. The summed E-state index contributed by atoms with van der Waals surface area (Å²) in [5.41, 5.74) is 2.06. The van der Waals surface area contributed by atoms with Crippen molar-refractivity contribution in [3.8, 4) is 11.5 Å². The van der Waals surface area contributed by atoms with Gasteiger partial charge in [-0.3, -0.25) is 9.52 Å². The lowest BCUT2D eigenvalue weighted by Crippen LogP contribution is -2.14. The number of aromatic nitrogens is 1. The van der Waals surface area contributed by atoms with Crippen molar-refractivity contribution in [3.63, 3.8) is 0 Å². The summed E-state index contributed by atoms with van der Waals surface area (Å²) >= 11 is 1.20. The largest absolute Gasteiger partial charge is 0.490 e. The van der Waals surface area contributed by atoms with Crippen LogP contribution in [0.15, 0.2) is 36.4 Å². The number of nitrogens with one attached hydrogen (secondary N) is 2. The highest BCUT2D eigenvalue weighted by Crippen LogP contribution is 2.30. The molecule has 0 fully saturated rings. The SMILES string of the molecule is CCOc1ccc(CC(=O)Nc2ccc3nc(NS(C)(=O)=O)sc3c2)cc1OCC. The van der Waals surface area contributed by atoms with Crippen LogP contribution in [0.3, 0.4) is 0 Å². The van der Waals surface area contributed by atoms with Crippen LogP contribution >= 0.6 is 11.3 Å². The molecule has 0 aliphatic carbocycles. The average molecular weight is 450 g/mol. The van der Waals surface area contributed by atoms with Crippen molar-refractivity contribution in [2.45, 2.75) is 20.3 Å². The first-order chi connectivity index (χ1) is 14.3. The number of amides is 1. The molecule has 0 saturated heterocycles. The molecule has 0 unspecified atom stereocenters. The summed E-state index contributed by atoms with van der Waals surface area (Å²) in [6.45, 7) is 4.82. The number of carbonyl (C=O) groups is 1. The van der Waals surface area contributed by atoms with E-state index in [0.29, 0.717) is 35.9 Å². The second-order valence-electron chi connectivity index (χ2n) is 6.45. The van der Waals surface area contributed by atoms with Gasteiger partial charge in [0.05, 0.1) is 36.1 Å². The van der Waals surface area contributed by atoms with E-state index in [1.54, 1.807) is 24.3 Å². The zero-order valence-corrected chi connectivity index (χ0v) is 18.5. The second kappa shape index (κ2) is 9.31.